The third-order valence-corrected chi connectivity index (χ3v) is 4.80. The molecule has 0 aromatic heterocycles. The first-order valence-electron chi connectivity index (χ1n) is 7.77. The molecule has 0 spiro atoms. The number of hydrogen-bond acceptors (Lipinski definition) is 5. The normalized spacial score (nSPS) is 15.1. The maximum Gasteiger partial charge on any atom is 0.294 e. The molecular weight excluding hydrogens is 386 g/mol. The number of anilines is 1. The number of benzene rings is 2. The number of carbonyl (C=O) groups is 3. The molecule has 1 fully saturated rings. The van der Waals surface area contributed by atoms with E-state index in [2.05, 4.69) is 5.32 Å². The number of nitriles is 1. The Morgan fingerprint density at radius 1 is 1.15 bits per heavy atom. The lowest BCUT2D eigenvalue weighted by atomic mass is 10.1. The first kappa shape index (κ1) is 18.7. The van der Waals surface area contributed by atoms with Gasteiger partial charge in [0.05, 0.1) is 16.5 Å². The minimum atomic E-state index is -0.527. The molecule has 8 heteroatoms. The highest BCUT2D eigenvalue weighted by Gasteiger charge is 2.36. The molecule has 1 aliphatic rings. The summed E-state index contributed by atoms with van der Waals surface area (Å²) in [5.74, 6) is -1.01. The van der Waals surface area contributed by atoms with E-state index in [0.717, 1.165) is 16.7 Å². The molecule has 27 heavy (non-hydrogen) atoms. The van der Waals surface area contributed by atoms with E-state index in [-0.39, 0.29) is 11.4 Å². The van der Waals surface area contributed by atoms with Gasteiger partial charge in [0, 0.05) is 10.7 Å². The van der Waals surface area contributed by atoms with Gasteiger partial charge in [-0.3, -0.25) is 19.3 Å². The van der Waals surface area contributed by atoms with Crippen molar-refractivity contribution in [2.24, 2.45) is 0 Å². The molecule has 0 radical (unpaired) electrons. The first-order chi connectivity index (χ1) is 13.0. The molecule has 0 saturated carbocycles. The van der Waals surface area contributed by atoms with Gasteiger partial charge in [0.2, 0.25) is 5.91 Å². The highest BCUT2D eigenvalue weighted by Crippen LogP contribution is 2.32. The highest BCUT2D eigenvalue weighted by molar-refractivity contribution is 8.18. The van der Waals surface area contributed by atoms with E-state index in [4.69, 9.17) is 16.9 Å². The van der Waals surface area contributed by atoms with E-state index < -0.39 is 17.1 Å². The van der Waals surface area contributed by atoms with Gasteiger partial charge in [-0.05, 0) is 59.8 Å². The molecule has 1 N–H and O–H groups in total. The van der Waals surface area contributed by atoms with Crippen molar-refractivity contribution in [2.45, 2.75) is 0 Å². The Morgan fingerprint density at radius 3 is 2.44 bits per heavy atom. The van der Waals surface area contributed by atoms with Crippen molar-refractivity contribution < 1.29 is 14.4 Å². The predicted octanol–water partition coefficient (Wildman–Crippen LogP) is 3.89. The van der Waals surface area contributed by atoms with E-state index in [0.29, 0.717) is 21.8 Å². The minimum absolute atomic E-state index is 0.226. The maximum absolute atomic E-state index is 12.4. The molecule has 0 atom stereocenters. The van der Waals surface area contributed by atoms with Crippen molar-refractivity contribution in [3.8, 4) is 6.07 Å². The van der Waals surface area contributed by atoms with Crippen LogP contribution >= 0.6 is 23.4 Å². The van der Waals surface area contributed by atoms with Crippen LogP contribution in [-0.4, -0.2) is 28.5 Å². The van der Waals surface area contributed by atoms with Crippen LogP contribution in [0.25, 0.3) is 6.08 Å². The van der Waals surface area contributed by atoms with Crippen molar-refractivity contribution in [1.29, 1.82) is 5.26 Å². The van der Waals surface area contributed by atoms with Crippen LogP contribution in [0.5, 0.6) is 0 Å². The number of amides is 3. The lowest BCUT2D eigenvalue weighted by molar-refractivity contribution is -0.127. The fourth-order valence-corrected chi connectivity index (χ4v) is 3.28. The van der Waals surface area contributed by atoms with Crippen LogP contribution in [0.2, 0.25) is 5.02 Å². The molecular formula is C19H12ClN3O3S. The van der Waals surface area contributed by atoms with Crippen LogP contribution in [0.3, 0.4) is 0 Å². The van der Waals surface area contributed by atoms with Crippen LogP contribution < -0.4 is 5.32 Å². The Bertz CT molecular complexity index is 979. The summed E-state index contributed by atoms with van der Waals surface area (Å²) in [5, 5.41) is 11.4. The van der Waals surface area contributed by atoms with Crippen LogP contribution in [-0.2, 0) is 9.59 Å². The molecule has 1 aliphatic heterocycles. The molecule has 0 aliphatic carbocycles. The number of rotatable bonds is 4. The molecule has 2 aromatic carbocycles. The predicted molar refractivity (Wildman–Crippen MR) is 104 cm³/mol. The standard InChI is InChI=1S/C19H12ClN3O3S/c20-14-5-7-15(8-6-14)22-17(24)11-23-18(25)16(27-19(23)26)9-12-1-3-13(10-21)4-2-12/h1-9H,11H2,(H,22,24)/b16-9+. The van der Waals surface area contributed by atoms with Crippen molar-refractivity contribution in [2.75, 3.05) is 11.9 Å². The van der Waals surface area contributed by atoms with E-state index in [1.165, 1.54) is 0 Å². The zero-order valence-electron chi connectivity index (χ0n) is 13.8. The van der Waals surface area contributed by atoms with Gasteiger partial charge in [0.1, 0.15) is 6.54 Å². The molecule has 3 rings (SSSR count). The summed E-state index contributed by atoms with van der Waals surface area (Å²) in [5.41, 5.74) is 1.70. The summed E-state index contributed by atoms with van der Waals surface area (Å²) in [6, 6.07) is 15.1. The number of hydrogen-bond donors (Lipinski definition) is 1. The molecule has 3 amide bonds. The van der Waals surface area contributed by atoms with Crippen LogP contribution in [0.1, 0.15) is 11.1 Å². The van der Waals surface area contributed by atoms with E-state index in [1.807, 2.05) is 6.07 Å². The Morgan fingerprint density at radius 2 is 1.81 bits per heavy atom. The van der Waals surface area contributed by atoms with Crippen molar-refractivity contribution >= 4 is 52.2 Å². The fraction of sp³-hybridized carbons (Fsp3) is 0.0526. The van der Waals surface area contributed by atoms with Crippen molar-refractivity contribution in [3.05, 3.63) is 69.6 Å². The number of halogens is 1. The van der Waals surface area contributed by atoms with Gasteiger partial charge in [0.25, 0.3) is 11.1 Å². The number of nitrogens with zero attached hydrogens (tertiary/aromatic N) is 2. The van der Waals surface area contributed by atoms with Crippen LogP contribution in [0.4, 0.5) is 10.5 Å². The van der Waals surface area contributed by atoms with Gasteiger partial charge >= 0.3 is 0 Å². The van der Waals surface area contributed by atoms with Crippen molar-refractivity contribution in [1.82, 2.24) is 4.90 Å². The molecule has 0 bridgehead atoms. The summed E-state index contributed by atoms with van der Waals surface area (Å²) in [6.45, 7) is -0.377. The molecule has 1 heterocycles. The Hall–Kier alpha value is -3.08. The fourth-order valence-electron chi connectivity index (χ4n) is 2.32. The van der Waals surface area contributed by atoms with Crippen LogP contribution in [0, 0.1) is 11.3 Å². The second-order valence-corrected chi connectivity index (χ2v) is 6.99. The van der Waals surface area contributed by atoms with Crippen molar-refractivity contribution in [3.63, 3.8) is 0 Å². The average molecular weight is 398 g/mol. The van der Waals surface area contributed by atoms with Gasteiger partial charge in [-0.1, -0.05) is 23.7 Å². The zero-order chi connectivity index (χ0) is 19.4. The van der Waals surface area contributed by atoms with Gasteiger partial charge in [-0.25, -0.2) is 0 Å². The van der Waals surface area contributed by atoms with E-state index in [9.17, 15) is 14.4 Å². The average Bonchev–Trinajstić information content (AvgIpc) is 2.91. The van der Waals surface area contributed by atoms with Crippen LogP contribution in [0.15, 0.2) is 53.4 Å². The summed E-state index contributed by atoms with van der Waals surface area (Å²) < 4.78 is 0. The largest absolute Gasteiger partial charge is 0.325 e. The number of imide groups is 1. The molecule has 0 unspecified atom stereocenters. The monoisotopic (exact) mass is 397 g/mol. The third kappa shape index (κ3) is 4.56. The summed E-state index contributed by atoms with van der Waals surface area (Å²) in [6.07, 6.45) is 1.56. The number of carbonyl (C=O) groups excluding carboxylic acids is 3. The van der Waals surface area contributed by atoms with E-state index in [1.54, 1.807) is 54.6 Å². The Kier molecular flexibility index (Phi) is 5.60. The summed E-state index contributed by atoms with van der Waals surface area (Å²) >= 11 is 6.56. The molecule has 6 nitrogen and oxygen atoms in total. The Labute approximate surface area is 164 Å². The lowest BCUT2D eigenvalue weighted by Gasteiger charge is -2.12. The number of nitrogens with one attached hydrogen (secondary N) is 1. The summed E-state index contributed by atoms with van der Waals surface area (Å²) in [4.78, 5) is 37.8. The zero-order valence-corrected chi connectivity index (χ0v) is 15.4. The molecule has 134 valence electrons. The van der Waals surface area contributed by atoms with E-state index >= 15 is 0 Å². The van der Waals surface area contributed by atoms with Gasteiger partial charge in [-0.2, -0.15) is 5.26 Å². The SMILES string of the molecule is N#Cc1ccc(/C=C2/SC(=O)N(CC(=O)Nc3ccc(Cl)cc3)C2=O)cc1. The molecule has 1 saturated heterocycles. The van der Waals surface area contributed by atoms with Gasteiger partial charge < -0.3 is 5.32 Å². The smallest absolute Gasteiger partial charge is 0.294 e. The minimum Gasteiger partial charge on any atom is -0.325 e. The third-order valence-electron chi connectivity index (χ3n) is 3.64. The van der Waals surface area contributed by atoms with Gasteiger partial charge in [0.15, 0.2) is 0 Å². The quantitative estimate of drug-likeness (QED) is 0.790. The van der Waals surface area contributed by atoms with Gasteiger partial charge in [-0.15, -0.1) is 0 Å². The highest BCUT2D eigenvalue weighted by atomic mass is 35.5. The second-order valence-electron chi connectivity index (χ2n) is 5.56. The first-order valence-corrected chi connectivity index (χ1v) is 8.96. The molecule has 2 aromatic rings. The lowest BCUT2D eigenvalue weighted by Crippen LogP contribution is -2.36. The summed E-state index contributed by atoms with van der Waals surface area (Å²) in [7, 11) is 0. The number of thioether (sulfide) groups is 1. The maximum atomic E-state index is 12.4. The second kappa shape index (κ2) is 8.08. The Balaban J connectivity index is 1.68. The topological polar surface area (TPSA) is 90.3 Å².